The summed E-state index contributed by atoms with van der Waals surface area (Å²) in [4.78, 5) is 49.8. The summed E-state index contributed by atoms with van der Waals surface area (Å²) < 4.78 is 9.52. The van der Waals surface area contributed by atoms with Crippen molar-refractivity contribution in [2.75, 3.05) is 14.2 Å². The van der Waals surface area contributed by atoms with E-state index < -0.39 is 23.4 Å². The van der Waals surface area contributed by atoms with Crippen LogP contribution in [0.25, 0.3) is 0 Å². The van der Waals surface area contributed by atoms with Crippen LogP contribution in [0.3, 0.4) is 0 Å². The summed E-state index contributed by atoms with van der Waals surface area (Å²) in [6, 6.07) is 16.6. The zero-order valence-electron chi connectivity index (χ0n) is 18.0. The van der Waals surface area contributed by atoms with Gasteiger partial charge in [0.05, 0.1) is 14.2 Å². The van der Waals surface area contributed by atoms with Crippen molar-refractivity contribution in [3.05, 3.63) is 83.9 Å². The number of nitrogens with one attached hydrogen (secondary N) is 2. The summed E-state index contributed by atoms with van der Waals surface area (Å²) in [7, 11) is 2.47. The Morgan fingerprint density at radius 3 is 1.72 bits per heavy atom. The second-order valence-corrected chi connectivity index (χ2v) is 6.83. The van der Waals surface area contributed by atoms with Crippen molar-refractivity contribution in [3.8, 4) is 0 Å². The number of carbonyl (C=O) groups excluding carboxylic acids is 4. The summed E-state index contributed by atoms with van der Waals surface area (Å²) in [6.45, 7) is 0. The van der Waals surface area contributed by atoms with Crippen LogP contribution in [0.4, 0.5) is 0 Å². The summed E-state index contributed by atoms with van der Waals surface area (Å²) in [6.07, 6.45) is 3.68. The Hall–Kier alpha value is -3.94. The molecule has 0 heterocycles. The van der Waals surface area contributed by atoms with Crippen molar-refractivity contribution in [1.29, 1.82) is 0 Å². The molecule has 0 atom stereocenters. The summed E-state index contributed by atoms with van der Waals surface area (Å²) >= 11 is 0. The largest absolute Gasteiger partial charge is 0.469 e. The predicted octanol–water partition coefficient (Wildman–Crippen LogP) is 2.62. The number of amides is 2. The quantitative estimate of drug-likeness (QED) is 0.335. The van der Waals surface area contributed by atoms with Crippen LogP contribution in [0.2, 0.25) is 0 Å². The molecule has 0 fully saturated rings. The van der Waals surface area contributed by atoms with Gasteiger partial charge in [-0.1, -0.05) is 48.6 Å². The van der Waals surface area contributed by atoms with Crippen LogP contribution in [0.5, 0.6) is 0 Å². The van der Waals surface area contributed by atoms with Gasteiger partial charge in [-0.05, 0) is 30.7 Å². The highest BCUT2D eigenvalue weighted by Gasteiger charge is 2.42. The normalized spacial score (nSPS) is 10.9. The molecule has 0 aromatic heterocycles. The van der Waals surface area contributed by atoms with Crippen LogP contribution in [-0.2, 0) is 19.1 Å². The molecule has 2 aromatic carbocycles. The van der Waals surface area contributed by atoms with Crippen LogP contribution in [0.1, 0.15) is 40.0 Å². The molecule has 32 heavy (non-hydrogen) atoms. The molecule has 0 aliphatic rings. The average molecular weight is 438 g/mol. The number of carbonyl (C=O) groups is 4. The summed E-state index contributed by atoms with van der Waals surface area (Å²) in [5.41, 5.74) is -1.25. The average Bonchev–Trinajstić information content (AvgIpc) is 2.83. The number of esters is 2. The smallest absolute Gasteiger partial charge is 0.353 e. The molecule has 0 saturated carbocycles. The predicted molar refractivity (Wildman–Crippen MR) is 118 cm³/mol. The van der Waals surface area contributed by atoms with Gasteiger partial charge < -0.3 is 20.1 Å². The van der Waals surface area contributed by atoms with Crippen LogP contribution in [0.15, 0.2) is 72.8 Å². The fourth-order valence-corrected chi connectivity index (χ4v) is 2.89. The molecule has 2 aromatic rings. The van der Waals surface area contributed by atoms with Crippen molar-refractivity contribution in [1.82, 2.24) is 10.6 Å². The van der Waals surface area contributed by atoms with Gasteiger partial charge in [0.15, 0.2) is 0 Å². The maximum absolute atomic E-state index is 12.9. The van der Waals surface area contributed by atoms with Gasteiger partial charge in [-0.3, -0.25) is 14.4 Å². The molecule has 8 heteroatoms. The molecule has 2 rings (SSSR count). The Morgan fingerprint density at radius 1 is 0.781 bits per heavy atom. The van der Waals surface area contributed by atoms with E-state index in [4.69, 9.17) is 4.74 Å². The molecule has 168 valence electrons. The number of methoxy groups -OCH3 is 2. The van der Waals surface area contributed by atoms with E-state index in [1.807, 2.05) is 0 Å². The van der Waals surface area contributed by atoms with Gasteiger partial charge in [0.25, 0.3) is 11.8 Å². The van der Waals surface area contributed by atoms with E-state index >= 15 is 0 Å². The maximum atomic E-state index is 12.9. The van der Waals surface area contributed by atoms with E-state index in [-0.39, 0.29) is 18.8 Å². The lowest BCUT2D eigenvalue weighted by molar-refractivity contribution is -0.149. The molecule has 8 nitrogen and oxygen atoms in total. The van der Waals surface area contributed by atoms with Gasteiger partial charge in [-0.15, -0.1) is 0 Å². The van der Waals surface area contributed by atoms with Crippen LogP contribution in [-0.4, -0.2) is 43.6 Å². The number of ether oxygens (including phenoxy) is 2. The third-order valence-corrected chi connectivity index (χ3v) is 4.59. The Balaban J connectivity index is 2.32. The highest BCUT2D eigenvalue weighted by molar-refractivity contribution is 6.02. The number of rotatable bonds is 10. The fraction of sp³-hybridized carbons (Fsp3) is 0.250. The summed E-state index contributed by atoms with van der Waals surface area (Å²) in [5.74, 6) is -2.34. The minimum atomic E-state index is -1.86. The maximum Gasteiger partial charge on any atom is 0.353 e. The third-order valence-electron chi connectivity index (χ3n) is 4.59. The highest BCUT2D eigenvalue weighted by Crippen LogP contribution is 2.15. The third kappa shape index (κ3) is 6.80. The second-order valence-electron chi connectivity index (χ2n) is 6.83. The zero-order chi connectivity index (χ0) is 23.4. The van der Waals surface area contributed by atoms with Crippen LogP contribution >= 0.6 is 0 Å². The first-order chi connectivity index (χ1) is 15.4. The van der Waals surface area contributed by atoms with Crippen LogP contribution in [0, 0.1) is 0 Å². The molecular formula is C24H26N2O6. The van der Waals surface area contributed by atoms with Gasteiger partial charge >= 0.3 is 11.9 Å². The molecule has 0 unspecified atom stereocenters. The minimum Gasteiger partial charge on any atom is -0.469 e. The lowest BCUT2D eigenvalue weighted by atomic mass is 10.0. The van der Waals surface area contributed by atoms with Gasteiger partial charge in [0.1, 0.15) is 0 Å². The number of hydrogen-bond donors (Lipinski definition) is 2. The van der Waals surface area contributed by atoms with E-state index in [0.29, 0.717) is 17.5 Å². The first-order valence-corrected chi connectivity index (χ1v) is 9.97. The monoisotopic (exact) mass is 438 g/mol. The standard InChI is InChI=1S/C24H26N2O6/c1-31-20(27)16-10-5-11-17-24(23(30)32-2,25-21(28)18-12-6-3-7-13-18)26-22(29)19-14-8-4-9-15-19/h3-9,11-15H,10,16-17H2,1-2H3,(H,25,28)(H,26,29). The van der Waals surface area contributed by atoms with Gasteiger partial charge in [0.2, 0.25) is 5.66 Å². The molecular weight excluding hydrogens is 412 g/mol. The van der Waals surface area contributed by atoms with Crippen LogP contribution < -0.4 is 10.6 Å². The van der Waals surface area contributed by atoms with Crippen molar-refractivity contribution < 1.29 is 28.7 Å². The fourth-order valence-electron chi connectivity index (χ4n) is 2.89. The van der Waals surface area contributed by atoms with E-state index in [1.165, 1.54) is 14.2 Å². The van der Waals surface area contributed by atoms with E-state index in [0.717, 1.165) is 0 Å². The Bertz CT molecular complexity index is 903. The van der Waals surface area contributed by atoms with E-state index in [2.05, 4.69) is 15.4 Å². The SMILES string of the molecule is COC(=O)CCC=CCC(NC(=O)c1ccccc1)(NC(=O)c1ccccc1)C(=O)OC. The van der Waals surface area contributed by atoms with E-state index in [9.17, 15) is 19.2 Å². The molecule has 0 saturated heterocycles. The molecule has 0 radical (unpaired) electrons. The topological polar surface area (TPSA) is 111 Å². The van der Waals surface area contributed by atoms with Crippen molar-refractivity contribution >= 4 is 23.8 Å². The zero-order valence-corrected chi connectivity index (χ0v) is 18.0. The lowest BCUT2D eigenvalue weighted by Gasteiger charge is -2.32. The number of hydrogen-bond acceptors (Lipinski definition) is 6. The van der Waals surface area contributed by atoms with E-state index in [1.54, 1.807) is 72.8 Å². The van der Waals surface area contributed by atoms with Gasteiger partial charge in [-0.25, -0.2) is 4.79 Å². The molecule has 2 N–H and O–H groups in total. The van der Waals surface area contributed by atoms with Gasteiger partial charge in [0, 0.05) is 24.0 Å². The van der Waals surface area contributed by atoms with Crippen molar-refractivity contribution in [2.45, 2.75) is 24.9 Å². The molecule has 0 bridgehead atoms. The first kappa shape index (κ1) is 24.3. The summed E-state index contributed by atoms with van der Waals surface area (Å²) in [5, 5.41) is 5.24. The lowest BCUT2D eigenvalue weighted by Crippen LogP contribution is -2.65. The second kappa shape index (κ2) is 12.0. The molecule has 2 amide bonds. The molecule has 0 spiro atoms. The van der Waals surface area contributed by atoms with Crippen molar-refractivity contribution in [2.24, 2.45) is 0 Å². The number of allylic oxidation sites excluding steroid dienone is 1. The first-order valence-electron chi connectivity index (χ1n) is 9.97. The molecule has 0 aliphatic carbocycles. The Kier molecular flexibility index (Phi) is 9.16. The minimum absolute atomic E-state index is 0.0992. The molecule has 0 aliphatic heterocycles. The van der Waals surface area contributed by atoms with Crippen molar-refractivity contribution in [3.63, 3.8) is 0 Å². The van der Waals surface area contributed by atoms with Gasteiger partial charge in [-0.2, -0.15) is 0 Å². The Labute approximate surface area is 186 Å². The number of benzene rings is 2. The highest BCUT2D eigenvalue weighted by atomic mass is 16.5. The Morgan fingerprint density at radius 2 is 1.28 bits per heavy atom.